The van der Waals surface area contributed by atoms with Crippen LogP contribution in [0.3, 0.4) is 0 Å². The molecule has 0 unspecified atom stereocenters. The summed E-state index contributed by atoms with van der Waals surface area (Å²) in [5.74, 6) is -1.18. The van der Waals surface area contributed by atoms with Gasteiger partial charge in [0.25, 0.3) is 5.91 Å². The van der Waals surface area contributed by atoms with Gasteiger partial charge in [0.2, 0.25) is 0 Å². The molecular weight excluding hydrogens is 362 g/mol. The molecule has 0 N–H and O–H groups in total. The van der Waals surface area contributed by atoms with Crippen LogP contribution in [0, 0.1) is 0 Å². The molecular formula is C25H23NO3. The van der Waals surface area contributed by atoms with Gasteiger partial charge in [-0.3, -0.25) is 9.59 Å². The number of hydrogen-bond acceptors (Lipinski definition) is 3. The van der Waals surface area contributed by atoms with E-state index in [-0.39, 0.29) is 5.91 Å². The third-order valence-corrected chi connectivity index (χ3v) is 5.30. The summed E-state index contributed by atoms with van der Waals surface area (Å²) in [7, 11) is 0. The quantitative estimate of drug-likeness (QED) is 0.614. The molecule has 29 heavy (non-hydrogen) atoms. The van der Waals surface area contributed by atoms with Crippen LogP contribution in [0.4, 0.5) is 5.69 Å². The first kappa shape index (κ1) is 18.9. The molecule has 0 saturated carbocycles. The summed E-state index contributed by atoms with van der Waals surface area (Å²) in [4.78, 5) is 27.8. The number of hydrogen-bond donors (Lipinski definition) is 0. The van der Waals surface area contributed by atoms with Gasteiger partial charge in [-0.05, 0) is 36.1 Å². The second-order valence-corrected chi connectivity index (χ2v) is 7.20. The number of anilines is 1. The number of carbonyl (C=O) groups excluding carboxylic acids is 2. The van der Waals surface area contributed by atoms with Gasteiger partial charge in [0, 0.05) is 12.2 Å². The standard InChI is InChI=1S/C25H23NO3/c1-18(24(27)26-17-16-19-10-8-9-15-22(19)26)29-25(28)23(20-11-4-2-5-12-20)21-13-6-3-7-14-21/h2-15,18,23H,16-17H2,1H3/t18-/m1/s1. The molecule has 4 nitrogen and oxygen atoms in total. The van der Waals surface area contributed by atoms with Crippen molar-refractivity contribution >= 4 is 17.6 Å². The Morgan fingerprint density at radius 3 is 2.00 bits per heavy atom. The van der Waals surface area contributed by atoms with Crippen LogP contribution in [0.5, 0.6) is 0 Å². The number of nitrogens with zero attached hydrogens (tertiary/aromatic N) is 1. The lowest BCUT2D eigenvalue weighted by molar-refractivity contribution is -0.154. The summed E-state index contributed by atoms with van der Waals surface area (Å²) in [5.41, 5.74) is 3.73. The number of amides is 1. The van der Waals surface area contributed by atoms with Crippen molar-refractivity contribution in [1.29, 1.82) is 0 Å². The first-order valence-electron chi connectivity index (χ1n) is 9.85. The van der Waals surface area contributed by atoms with Crippen molar-refractivity contribution in [1.82, 2.24) is 0 Å². The molecule has 1 atom stereocenters. The lowest BCUT2D eigenvalue weighted by atomic mass is 9.91. The van der Waals surface area contributed by atoms with E-state index in [1.54, 1.807) is 11.8 Å². The first-order chi connectivity index (χ1) is 14.1. The zero-order valence-corrected chi connectivity index (χ0v) is 16.3. The van der Waals surface area contributed by atoms with Crippen molar-refractivity contribution in [2.45, 2.75) is 25.4 Å². The maximum absolute atomic E-state index is 13.1. The molecule has 0 saturated heterocycles. The Hall–Kier alpha value is -3.40. The maximum atomic E-state index is 13.1. The van der Waals surface area contributed by atoms with E-state index in [1.165, 1.54) is 0 Å². The highest BCUT2D eigenvalue weighted by Gasteiger charge is 2.32. The number of para-hydroxylation sites is 1. The molecule has 1 heterocycles. The summed E-state index contributed by atoms with van der Waals surface area (Å²) >= 11 is 0. The molecule has 0 radical (unpaired) electrons. The molecule has 3 aromatic carbocycles. The van der Waals surface area contributed by atoms with Gasteiger partial charge >= 0.3 is 5.97 Å². The summed E-state index contributed by atoms with van der Waals surface area (Å²) in [6.07, 6.45) is -0.0391. The number of rotatable bonds is 5. The predicted molar refractivity (Wildman–Crippen MR) is 113 cm³/mol. The second-order valence-electron chi connectivity index (χ2n) is 7.20. The van der Waals surface area contributed by atoms with E-state index < -0.39 is 18.0 Å². The predicted octanol–water partition coefficient (Wildman–Crippen LogP) is 4.34. The third kappa shape index (κ3) is 3.92. The number of carbonyl (C=O) groups is 2. The molecule has 4 rings (SSSR count). The minimum atomic E-state index is -0.858. The number of ether oxygens (including phenoxy) is 1. The van der Waals surface area contributed by atoms with Crippen LogP contribution in [-0.2, 0) is 20.7 Å². The molecule has 0 spiro atoms. The summed E-state index contributed by atoms with van der Waals surface area (Å²) in [6, 6.07) is 26.9. The molecule has 1 aliphatic heterocycles. The van der Waals surface area contributed by atoms with Gasteiger partial charge in [0.15, 0.2) is 6.10 Å². The van der Waals surface area contributed by atoms with Crippen LogP contribution in [0.15, 0.2) is 84.9 Å². The van der Waals surface area contributed by atoms with Gasteiger partial charge in [-0.2, -0.15) is 0 Å². The largest absolute Gasteiger partial charge is 0.452 e. The van der Waals surface area contributed by atoms with Crippen molar-refractivity contribution in [3.05, 3.63) is 102 Å². The molecule has 0 aromatic heterocycles. The van der Waals surface area contributed by atoms with Crippen molar-refractivity contribution in [2.75, 3.05) is 11.4 Å². The van der Waals surface area contributed by atoms with Gasteiger partial charge in [-0.15, -0.1) is 0 Å². The van der Waals surface area contributed by atoms with E-state index in [1.807, 2.05) is 84.9 Å². The van der Waals surface area contributed by atoms with Crippen LogP contribution in [0.1, 0.15) is 29.5 Å². The topological polar surface area (TPSA) is 46.6 Å². The lowest BCUT2D eigenvalue weighted by Gasteiger charge is -2.24. The fourth-order valence-electron chi connectivity index (χ4n) is 3.83. The lowest BCUT2D eigenvalue weighted by Crippen LogP contribution is -2.39. The minimum Gasteiger partial charge on any atom is -0.452 e. The Labute approximate surface area is 170 Å². The van der Waals surface area contributed by atoms with Crippen LogP contribution in [0.25, 0.3) is 0 Å². The number of esters is 1. The van der Waals surface area contributed by atoms with Crippen molar-refractivity contribution < 1.29 is 14.3 Å². The van der Waals surface area contributed by atoms with Crippen LogP contribution >= 0.6 is 0 Å². The summed E-state index contributed by atoms with van der Waals surface area (Å²) < 4.78 is 5.68. The van der Waals surface area contributed by atoms with Gasteiger partial charge in [0.05, 0.1) is 0 Å². The van der Waals surface area contributed by atoms with Crippen LogP contribution < -0.4 is 4.90 Å². The van der Waals surface area contributed by atoms with Gasteiger partial charge < -0.3 is 9.64 Å². The van der Waals surface area contributed by atoms with E-state index >= 15 is 0 Å². The molecule has 4 heteroatoms. The zero-order chi connectivity index (χ0) is 20.2. The fraction of sp³-hybridized carbons (Fsp3) is 0.200. The van der Waals surface area contributed by atoms with Gasteiger partial charge in [0.1, 0.15) is 5.92 Å². The van der Waals surface area contributed by atoms with Gasteiger partial charge in [-0.25, -0.2) is 0 Å². The highest BCUT2D eigenvalue weighted by atomic mass is 16.5. The fourth-order valence-corrected chi connectivity index (χ4v) is 3.83. The van der Waals surface area contributed by atoms with E-state index in [2.05, 4.69) is 0 Å². The Morgan fingerprint density at radius 2 is 1.38 bits per heavy atom. The Kier molecular flexibility index (Phi) is 5.43. The van der Waals surface area contributed by atoms with Crippen molar-refractivity contribution in [3.8, 4) is 0 Å². The average Bonchev–Trinajstić information content (AvgIpc) is 3.19. The molecule has 0 fully saturated rings. The third-order valence-electron chi connectivity index (χ3n) is 5.30. The highest BCUT2D eigenvalue weighted by Crippen LogP contribution is 2.30. The van der Waals surface area contributed by atoms with E-state index in [0.717, 1.165) is 28.8 Å². The smallest absolute Gasteiger partial charge is 0.318 e. The molecule has 0 aliphatic carbocycles. The van der Waals surface area contributed by atoms with E-state index in [4.69, 9.17) is 4.74 Å². The second kappa shape index (κ2) is 8.31. The Morgan fingerprint density at radius 1 is 0.828 bits per heavy atom. The highest BCUT2D eigenvalue weighted by molar-refractivity contribution is 5.99. The van der Waals surface area contributed by atoms with Crippen molar-refractivity contribution in [3.63, 3.8) is 0 Å². The van der Waals surface area contributed by atoms with Crippen molar-refractivity contribution in [2.24, 2.45) is 0 Å². The molecule has 1 amide bonds. The van der Waals surface area contributed by atoms with E-state index in [9.17, 15) is 9.59 Å². The van der Waals surface area contributed by atoms with Gasteiger partial charge in [-0.1, -0.05) is 78.9 Å². The number of benzene rings is 3. The maximum Gasteiger partial charge on any atom is 0.318 e. The van der Waals surface area contributed by atoms with Crippen LogP contribution in [-0.4, -0.2) is 24.5 Å². The molecule has 1 aliphatic rings. The minimum absolute atomic E-state index is 0.192. The zero-order valence-electron chi connectivity index (χ0n) is 16.3. The van der Waals surface area contributed by atoms with E-state index in [0.29, 0.717) is 6.54 Å². The Balaban J connectivity index is 1.54. The first-order valence-corrected chi connectivity index (χ1v) is 9.85. The average molecular weight is 385 g/mol. The molecule has 146 valence electrons. The summed E-state index contributed by atoms with van der Waals surface area (Å²) in [6.45, 7) is 2.26. The van der Waals surface area contributed by atoms with Crippen LogP contribution in [0.2, 0.25) is 0 Å². The molecule has 3 aromatic rings. The summed E-state index contributed by atoms with van der Waals surface area (Å²) in [5, 5.41) is 0. The molecule has 0 bridgehead atoms. The monoisotopic (exact) mass is 385 g/mol. The Bertz CT molecular complexity index is 961. The SMILES string of the molecule is C[C@@H](OC(=O)C(c1ccccc1)c1ccccc1)C(=O)N1CCc2ccccc21. The number of fused-ring (bicyclic) bond motifs is 1. The normalized spacial score (nSPS) is 13.8.